The van der Waals surface area contributed by atoms with E-state index in [2.05, 4.69) is 5.32 Å². The van der Waals surface area contributed by atoms with Crippen LogP contribution in [0.1, 0.15) is 32.6 Å². The molecule has 16 heavy (non-hydrogen) atoms. The van der Waals surface area contributed by atoms with Crippen molar-refractivity contribution in [1.29, 1.82) is 0 Å². The molecular weight excluding hydrogens is 206 g/mol. The Labute approximate surface area is 97.7 Å². The van der Waals surface area contributed by atoms with Crippen LogP contribution in [0.5, 0.6) is 0 Å². The van der Waals surface area contributed by atoms with Crippen LogP contribution in [0.15, 0.2) is 0 Å². The molecule has 1 rings (SSSR count). The van der Waals surface area contributed by atoms with E-state index in [0.29, 0.717) is 12.3 Å². The van der Waals surface area contributed by atoms with Crippen LogP contribution >= 0.6 is 0 Å². The van der Waals surface area contributed by atoms with Crippen LogP contribution in [0, 0.1) is 5.92 Å². The number of hydrogen-bond acceptors (Lipinski definition) is 3. The molecule has 1 heterocycles. The summed E-state index contributed by atoms with van der Waals surface area (Å²) in [5.74, 6) is 0.781. The summed E-state index contributed by atoms with van der Waals surface area (Å²) in [7, 11) is 0. The standard InChI is InChI=1S/C12H23NO3/c1-2-12(14)13-6-3-7-16-10-11-4-8-15-9-5-11/h11H,2-10H2,1H3,(H,13,14). The third-order valence-electron chi connectivity index (χ3n) is 2.80. The Morgan fingerprint density at radius 2 is 2.19 bits per heavy atom. The highest BCUT2D eigenvalue weighted by Gasteiger charge is 2.13. The van der Waals surface area contributed by atoms with Crippen molar-refractivity contribution in [3.63, 3.8) is 0 Å². The van der Waals surface area contributed by atoms with Crippen molar-refractivity contribution >= 4 is 5.91 Å². The molecule has 0 aromatic carbocycles. The number of carbonyl (C=O) groups excluding carboxylic acids is 1. The molecule has 0 unspecified atom stereocenters. The number of rotatable bonds is 7. The van der Waals surface area contributed by atoms with E-state index in [0.717, 1.165) is 52.2 Å². The Kier molecular flexibility index (Phi) is 7.17. The van der Waals surface area contributed by atoms with Gasteiger partial charge in [-0.15, -0.1) is 0 Å². The second kappa shape index (κ2) is 8.53. The Bertz CT molecular complexity index is 191. The minimum absolute atomic E-state index is 0.115. The van der Waals surface area contributed by atoms with E-state index in [4.69, 9.17) is 9.47 Å². The highest BCUT2D eigenvalue weighted by atomic mass is 16.5. The molecule has 1 saturated heterocycles. The van der Waals surface area contributed by atoms with Gasteiger partial charge < -0.3 is 14.8 Å². The average molecular weight is 229 g/mol. The van der Waals surface area contributed by atoms with Gasteiger partial charge in [0.1, 0.15) is 0 Å². The minimum atomic E-state index is 0.115. The van der Waals surface area contributed by atoms with Crippen LogP contribution in [0.4, 0.5) is 0 Å². The summed E-state index contributed by atoms with van der Waals surface area (Å²) in [4.78, 5) is 10.9. The zero-order chi connectivity index (χ0) is 11.6. The SMILES string of the molecule is CCC(=O)NCCCOCC1CCOCC1. The first-order valence-electron chi connectivity index (χ1n) is 6.25. The van der Waals surface area contributed by atoms with Crippen molar-refractivity contribution in [2.75, 3.05) is 33.0 Å². The lowest BCUT2D eigenvalue weighted by Crippen LogP contribution is -2.25. The summed E-state index contributed by atoms with van der Waals surface area (Å²) in [6, 6.07) is 0. The predicted octanol–water partition coefficient (Wildman–Crippen LogP) is 1.35. The molecule has 1 aliphatic heterocycles. The molecule has 0 bridgehead atoms. The molecule has 0 spiro atoms. The first kappa shape index (κ1) is 13.5. The molecule has 0 aromatic rings. The Morgan fingerprint density at radius 3 is 2.88 bits per heavy atom. The molecular formula is C12H23NO3. The molecule has 4 heteroatoms. The number of amides is 1. The van der Waals surface area contributed by atoms with E-state index < -0.39 is 0 Å². The maximum Gasteiger partial charge on any atom is 0.219 e. The Balaban J connectivity index is 1.85. The summed E-state index contributed by atoms with van der Waals surface area (Å²) < 4.78 is 10.9. The lowest BCUT2D eigenvalue weighted by Gasteiger charge is -2.21. The second-order valence-corrected chi connectivity index (χ2v) is 4.19. The number of nitrogens with one attached hydrogen (secondary N) is 1. The van der Waals surface area contributed by atoms with E-state index >= 15 is 0 Å². The van der Waals surface area contributed by atoms with Gasteiger partial charge in [-0.25, -0.2) is 0 Å². The van der Waals surface area contributed by atoms with Crippen molar-refractivity contribution in [1.82, 2.24) is 5.32 Å². The van der Waals surface area contributed by atoms with Gasteiger partial charge in [-0.1, -0.05) is 6.92 Å². The molecule has 1 aliphatic rings. The van der Waals surface area contributed by atoms with Crippen molar-refractivity contribution in [3.8, 4) is 0 Å². The van der Waals surface area contributed by atoms with Gasteiger partial charge in [0.25, 0.3) is 0 Å². The number of carbonyl (C=O) groups is 1. The average Bonchev–Trinajstić information content (AvgIpc) is 2.34. The fourth-order valence-corrected chi connectivity index (χ4v) is 1.69. The molecule has 1 amide bonds. The first-order chi connectivity index (χ1) is 7.83. The van der Waals surface area contributed by atoms with Crippen molar-refractivity contribution < 1.29 is 14.3 Å². The minimum Gasteiger partial charge on any atom is -0.381 e. The maximum absolute atomic E-state index is 10.9. The molecule has 0 aromatic heterocycles. The van der Waals surface area contributed by atoms with Crippen LogP contribution in [-0.4, -0.2) is 38.9 Å². The highest BCUT2D eigenvalue weighted by molar-refractivity contribution is 5.75. The fraction of sp³-hybridized carbons (Fsp3) is 0.917. The zero-order valence-electron chi connectivity index (χ0n) is 10.2. The number of hydrogen-bond donors (Lipinski definition) is 1. The van der Waals surface area contributed by atoms with Gasteiger partial charge >= 0.3 is 0 Å². The van der Waals surface area contributed by atoms with Crippen molar-refractivity contribution in [3.05, 3.63) is 0 Å². The van der Waals surface area contributed by atoms with Crippen LogP contribution in [0.3, 0.4) is 0 Å². The normalized spacial score (nSPS) is 17.3. The maximum atomic E-state index is 10.9. The van der Waals surface area contributed by atoms with Crippen LogP contribution in [-0.2, 0) is 14.3 Å². The van der Waals surface area contributed by atoms with Crippen molar-refractivity contribution in [2.45, 2.75) is 32.6 Å². The lowest BCUT2D eigenvalue weighted by molar-refractivity contribution is -0.120. The molecule has 94 valence electrons. The molecule has 0 radical (unpaired) electrons. The van der Waals surface area contributed by atoms with Gasteiger partial charge in [0.15, 0.2) is 0 Å². The summed E-state index contributed by atoms with van der Waals surface area (Å²) in [6.07, 6.45) is 3.69. The van der Waals surface area contributed by atoms with Gasteiger partial charge in [0, 0.05) is 39.4 Å². The van der Waals surface area contributed by atoms with Gasteiger partial charge in [-0.2, -0.15) is 0 Å². The monoisotopic (exact) mass is 229 g/mol. The van der Waals surface area contributed by atoms with Gasteiger partial charge in [0.2, 0.25) is 5.91 Å². The van der Waals surface area contributed by atoms with E-state index in [1.54, 1.807) is 0 Å². The van der Waals surface area contributed by atoms with Gasteiger partial charge in [0.05, 0.1) is 0 Å². The molecule has 0 saturated carbocycles. The van der Waals surface area contributed by atoms with E-state index in [9.17, 15) is 4.79 Å². The third-order valence-corrected chi connectivity index (χ3v) is 2.80. The van der Waals surface area contributed by atoms with Gasteiger partial charge in [-0.05, 0) is 25.2 Å². The van der Waals surface area contributed by atoms with E-state index in [-0.39, 0.29) is 5.91 Å². The first-order valence-corrected chi connectivity index (χ1v) is 6.25. The lowest BCUT2D eigenvalue weighted by atomic mass is 10.0. The largest absolute Gasteiger partial charge is 0.381 e. The molecule has 0 aliphatic carbocycles. The topological polar surface area (TPSA) is 47.6 Å². The van der Waals surface area contributed by atoms with E-state index in [1.165, 1.54) is 0 Å². The fourth-order valence-electron chi connectivity index (χ4n) is 1.69. The Morgan fingerprint density at radius 1 is 1.44 bits per heavy atom. The predicted molar refractivity (Wildman–Crippen MR) is 62.3 cm³/mol. The Hall–Kier alpha value is -0.610. The third kappa shape index (κ3) is 6.08. The smallest absolute Gasteiger partial charge is 0.219 e. The quantitative estimate of drug-likeness (QED) is 0.670. The van der Waals surface area contributed by atoms with Gasteiger partial charge in [-0.3, -0.25) is 4.79 Å². The van der Waals surface area contributed by atoms with Crippen molar-refractivity contribution in [2.24, 2.45) is 5.92 Å². The molecule has 0 atom stereocenters. The molecule has 1 fully saturated rings. The van der Waals surface area contributed by atoms with Crippen LogP contribution < -0.4 is 5.32 Å². The van der Waals surface area contributed by atoms with E-state index in [1.807, 2.05) is 6.92 Å². The molecule has 1 N–H and O–H groups in total. The molecule has 4 nitrogen and oxygen atoms in total. The summed E-state index contributed by atoms with van der Waals surface area (Å²) in [5, 5.41) is 2.83. The highest BCUT2D eigenvalue weighted by Crippen LogP contribution is 2.14. The van der Waals surface area contributed by atoms with Crippen LogP contribution in [0.25, 0.3) is 0 Å². The summed E-state index contributed by atoms with van der Waals surface area (Å²) in [5.41, 5.74) is 0. The summed E-state index contributed by atoms with van der Waals surface area (Å²) >= 11 is 0. The van der Waals surface area contributed by atoms with Crippen LogP contribution in [0.2, 0.25) is 0 Å². The zero-order valence-corrected chi connectivity index (χ0v) is 10.2. The second-order valence-electron chi connectivity index (χ2n) is 4.19. The number of ether oxygens (including phenoxy) is 2. The summed E-state index contributed by atoms with van der Waals surface area (Å²) in [6.45, 7) is 5.91.